The highest BCUT2D eigenvalue weighted by Crippen LogP contribution is 2.58. The molecule has 0 bridgehead atoms. The lowest BCUT2D eigenvalue weighted by atomic mass is 9.64. The fourth-order valence-corrected chi connectivity index (χ4v) is 6.88. The summed E-state index contributed by atoms with van der Waals surface area (Å²) in [6.07, 6.45) is 5.52. The Bertz CT molecular complexity index is 1730. The minimum absolute atomic E-state index is 0.214. The molecule has 3 aliphatic rings. The van der Waals surface area contributed by atoms with Crippen LogP contribution in [0.15, 0.2) is 97.2 Å². The van der Waals surface area contributed by atoms with E-state index in [0.717, 1.165) is 16.8 Å². The highest BCUT2D eigenvalue weighted by atomic mass is 35.5. The fourth-order valence-electron chi connectivity index (χ4n) is 6.75. The van der Waals surface area contributed by atoms with Crippen LogP contribution >= 0.6 is 11.6 Å². The van der Waals surface area contributed by atoms with Gasteiger partial charge < -0.3 is 10.2 Å². The molecule has 40 heavy (non-hydrogen) atoms. The topological polar surface area (TPSA) is 79.4 Å². The number of nitrogens with one attached hydrogen (secondary N) is 1. The molecule has 0 unspecified atom stereocenters. The van der Waals surface area contributed by atoms with Gasteiger partial charge in [-0.1, -0.05) is 59.6 Å². The number of hydrogen-bond donors (Lipinski definition) is 1. The standard InChI is InChI=1S/C33H24ClN3O3/c1-19-9-15-26-21(18-19)12-16-27-33(23-6-2-3-7-24(23)36-32(33)40)28(31(39)25-8-4-5-17-35-25)29(37(26)27)30(38)20-10-13-22(34)14-11-20/h2-18,27-29H,1H3,(H,36,40)/t27-,28-,29+,33-/m1/s1. The highest BCUT2D eigenvalue weighted by Gasteiger charge is 2.70. The van der Waals surface area contributed by atoms with E-state index < -0.39 is 23.4 Å². The lowest BCUT2D eigenvalue weighted by molar-refractivity contribution is -0.121. The fraction of sp³-hybridized carbons (Fsp3) is 0.152. The maximum atomic E-state index is 14.6. The third-order valence-electron chi connectivity index (χ3n) is 8.39. The van der Waals surface area contributed by atoms with Gasteiger partial charge in [-0.2, -0.15) is 0 Å². The Kier molecular flexibility index (Phi) is 5.51. The number of pyridine rings is 1. The van der Waals surface area contributed by atoms with Crippen molar-refractivity contribution in [2.75, 3.05) is 10.2 Å². The van der Waals surface area contributed by atoms with Crippen LogP contribution in [0.1, 0.15) is 37.5 Å². The molecule has 6 nitrogen and oxygen atoms in total. The number of Topliss-reactive ketones (excluding diaryl/α,β-unsaturated/α-hetero) is 2. The third kappa shape index (κ3) is 3.36. The second-order valence-corrected chi connectivity index (χ2v) is 11.0. The Balaban J connectivity index is 1.54. The van der Waals surface area contributed by atoms with Crippen molar-refractivity contribution in [1.29, 1.82) is 0 Å². The maximum absolute atomic E-state index is 14.6. The van der Waals surface area contributed by atoms with Crippen molar-refractivity contribution in [2.24, 2.45) is 5.92 Å². The van der Waals surface area contributed by atoms with E-state index in [2.05, 4.69) is 16.4 Å². The van der Waals surface area contributed by atoms with Gasteiger partial charge in [0.1, 0.15) is 17.2 Å². The van der Waals surface area contributed by atoms with E-state index in [1.54, 1.807) is 48.7 Å². The molecule has 7 rings (SSSR count). The average molecular weight is 546 g/mol. The summed E-state index contributed by atoms with van der Waals surface area (Å²) >= 11 is 6.16. The molecule has 1 saturated heterocycles. The number of carbonyl (C=O) groups is 3. The molecule has 1 N–H and O–H groups in total. The van der Waals surface area contributed by atoms with Gasteiger partial charge in [-0.25, -0.2) is 0 Å². The number of amides is 1. The number of fused-ring (bicyclic) bond motifs is 6. The Labute approximate surface area is 236 Å². The SMILES string of the molecule is Cc1ccc2c(c1)C=C[C@H]1N2[C@H](C(=O)c2ccc(Cl)cc2)[C@H](C(=O)c2ccccn2)[C@]12C(=O)Nc1ccccc12. The van der Waals surface area contributed by atoms with Crippen LogP contribution < -0.4 is 10.2 Å². The molecule has 196 valence electrons. The zero-order valence-corrected chi connectivity index (χ0v) is 22.3. The first-order chi connectivity index (χ1) is 19.4. The minimum atomic E-state index is -1.36. The van der Waals surface area contributed by atoms with Crippen molar-refractivity contribution in [2.45, 2.75) is 24.4 Å². The summed E-state index contributed by atoms with van der Waals surface area (Å²) < 4.78 is 0. The van der Waals surface area contributed by atoms with Crippen LogP contribution in [0.25, 0.3) is 6.08 Å². The van der Waals surface area contributed by atoms with Crippen molar-refractivity contribution in [1.82, 2.24) is 4.98 Å². The largest absolute Gasteiger partial charge is 0.352 e. The summed E-state index contributed by atoms with van der Waals surface area (Å²) in [5.74, 6) is -1.97. The van der Waals surface area contributed by atoms with Crippen LogP contribution in [0.4, 0.5) is 11.4 Å². The lowest BCUT2D eigenvalue weighted by Gasteiger charge is -2.37. The van der Waals surface area contributed by atoms with Gasteiger partial charge in [-0.3, -0.25) is 19.4 Å². The summed E-state index contributed by atoms with van der Waals surface area (Å²) in [6, 6.07) is 23.7. The third-order valence-corrected chi connectivity index (χ3v) is 8.64. The van der Waals surface area contributed by atoms with Crippen molar-refractivity contribution in [3.05, 3.63) is 130 Å². The Morgan fingerprint density at radius 3 is 2.50 bits per heavy atom. The first-order valence-electron chi connectivity index (χ1n) is 13.1. The molecular formula is C33H24ClN3O3. The predicted octanol–water partition coefficient (Wildman–Crippen LogP) is 5.90. The molecule has 1 spiro atoms. The Hall–Kier alpha value is -4.55. The molecule has 3 aliphatic heterocycles. The second-order valence-electron chi connectivity index (χ2n) is 10.5. The monoisotopic (exact) mass is 545 g/mol. The van der Waals surface area contributed by atoms with Crippen LogP contribution in [0.2, 0.25) is 5.02 Å². The van der Waals surface area contributed by atoms with Gasteiger partial charge in [0.2, 0.25) is 5.91 Å². The number of aryl methyl sites for hydroxylation is 1. The van der Waals surface area contributed by atoms with Crippen molar-refractivity contribution >= 4 is 46.5 Å². The molecule has 1 fully saturated rings. The van der Waals surface area contributed by atoms with Crippen LogP contribution in [0.5, 0.6) is 0 Å². The zero-order chi connectivity index (χ0) is 27.6. The number of hydrogen-bond acceptors (Lipinski definition) is 5. The van der Waals surface area contributed by atoms with Crippen molar-refractivity contribution in [3.63, 3.8) is 0 Å². The number of benzene rings is 3. The number of carbonyl (C=O) groups excluding carboxylic acids is 3. The summed E-state index contributed by atoms with van der Waals surface area (Å²) in [4.78, 5) is 49.8. The number of nitrogens with zero attached hydrogens (tertiary/aromatic N) is 2. The van der Waals surface area contributed by atoms with Crippen LogP contribution in [0, 0.1) is 12.8 Å². The van der Waals surface area contributed by atoms with Gasteiger partial charge in [0.15, 0.2) is 11.6 Å². The Morgan fingerprint density at radius 1 is 0.950 bits per heavy atom. The minimum Gasteiger partial charge on any atom is -0.352 e. The lowest BCUT2D eigenvalue weighted by Crippen LogP contribution is -2.51. The van der Waals surface area contributed by atoms with E-state index in [9.17, 15) is 14.4 Å². The number of anilines is 2. The van der Waals surface area contributed by atoms with Crippen LogP contribution in [-0.4, -0.2) is 34.5 Å². The van der Waals surface area contributed by atoms with Gasteiger partial charge in [0, 0.05) is 28.2 Å². The predicted molar refractivity (Wildman–Crippen MR) is 155 cm³/mol. The number of para-hydroxylation sites is 1. The second kappa shape index (κ2) is 9.00. The average Bonchev–Trinajstić information content (AvgIpc) is 3.45. The van der Waals surface area contributed by atoms with Crippen molar-refractivity contribution in [3.8, 4) is 0 Å². The molecule has 1 amide bonds. The van der Waals surface area contributed by atoms with Gasteiger partial charge >= 0.3 is 0 Å². The molecule has 3 aromatic carbocycles. The van der Waals surface area contributed by atoms with Crippen molar-refractivity contribution < 1.29 is 14.4 Å². The van der Waals surface area contributed by atoms with E-state index in [0.29, 0.717) is 21.8 Å². The number of ketones is 2. The van der Waals surface area contributed by atoms with Gasteiger partial charge in [-0.05, 0) is 72.6 Å². The van der Waals surface area contributed by atoms with E-state index >= 15 is 0 Å². The molecule has 0 saturated carbocycles. The number of aromatic nitrogens is 1. The van der Waals surface area contributed by atoms with E-state index in [1.807, 2.05) is 60.4 Å². The molecule has 4 heterocycles. The smallest absolute Gasteiger partial charge is 0.238 e. The summed E-state index contributed by atoms with van der Waals surface area (Å²) in [5.41, 5.74) is 3.42. The van der Waals surface area contributed by atoms with Gasteiger partial charge in [-0.15, -0.1) is 0 Å². The molecule has 0 aliphatic carbocycles. The summed E-state index contributed by atoms with van der Waals surface area (Å²) in [5, 5.41) is 3.54. The summed E-state index contributed by atoms with van der Waals surface area (Å²) in [6.45, 7) is 2.01. The first-order valence-corrected chi connectivity index (χ1v) is 13.5. The molecule has 4 aromatic rings. The quantitative estimate of drug-likeness (QED) is 0.323. The molecule has 0 radical (unpaired) electrons. The molecule has 4 atom stereocenters. The van der Waals surface area contributed by atoms with E-state index in [4.69, 9.17) is 11.6 Å². The maximum Gasteiger partial charge on any atom is 0.238 e. The van der Waals surface area contributed by atoms with Gasteiger partial charge in [0.05, 0.1) is 12.0 Å². The van der Waals surface area contributed by atoms with Crippen LogP contribution in [-0.2, 0) is 10.2 Å². The molecular weight excluding hydrogens is 522 g/mol. The van der Waals surface area contributed by atoms with E-state index in [-0.39, 0.29) is 23.2 Å². The molecule has 7 heteroatoms. The van der Waals surface area contributed by atoms with E-state index in [1.165, 1.54) is 0 Å². The van der Waals surface area contributed by atoms with Gasteiger partial charge in [0.25, 0.3) is 0 Å². The Morgan fingerprint density at radius 2 is 1.73 bits per heavy atom. The highest BCUT2D eigenvalue weighted by molar-refractivity contribution is 6.30. The molecule has 1 aromatic heterocycles. The number of rotatable bonds is 4. The first kappa shape index (κ1) is 24.5. The van der Waals surface area contributed by atoms with Crippen LogP contribution in [0.3, 0.4) is 0 Å². The zero-order valence-electron chi connectivity index (χ0n) is 21.5. The normalized spacial score (nSPS) is 23.9. The summed E-state index contributed by atoms with van der Waals surface area (Å²) in [7, 11) is 0. The number of halogens is 1.